The third-order valence-corrected chi connectivity index (χ3v) is 5.73. The van der Waals surface area contributed by atoms with Gasteiger partial charge in [0.25, 0.3) is 0 Å². The van der Waals surface area contributed by atoms with Gasteiger partial charge in [0.05, 0.1) is 26.7 Å². The minimum Gasteiger partial charge on any atom is -0.497 e. The van der Waals surface area contributed by atoms with E-state index in [1.54, 1.807) is 19.1 Å². The van der Waals surface area contributed by atoms with Crippen LogP contribution in [-0.4, -0.2) is 48.3 Å². The fourth-order valence-corrected chi connectivity index (χ4v) is 3.85. The number of rotatable bonds is 10. The summed E-state index contributed by atoms with van der Waals surface area (Å²) in [7, 11) is 3.23. The highest BCUT2D eigenvalue weighted by Crippen LogP contribution is 2.32. The van der Waals surface area contributed by atoms with Crippen molar-refractivity contribution in [3.05, 3.63) is 53.9 Å². The Hall–Kier alpha value is -3.55. The molecule has 1 aliphatic rings. The van der Waals surface area contributed by atoms with E-state index in [1.807, 2.05) is 42.5 Å². The number of carbonyl (C=O) groups is 1. The number of likely N-dealkylation sites (tertiary alicyclic amines) is 1. The normalized spacial score (nSPS) is 15.7. The van der Waals surface area contributed by atoms with Crippen LogP contribution in [0.2, 0.25) is 0 Å². The molecule has 0 N–H and O–H groups in total. The van der Waals surface area contributed by atoms with Gasteiger partial charge in [-0.3, -0.25) is 4.79 Å². The molecule has 8 heteroatoms. The van der Waals surface area contributed by atoms with Gasteiger partial charge in [-0.05, 0) is 48.9 Å². The molecule has 1 fully saturated rings. The molecule has 2 heterocycles. The summed E-state index contributed by atoms with van der Waals surface area (Å²) in [5, 5.41) is 4.13. The van der Waals surface area contributed by atoms with Crippen LogP contribution in [0, 0.1) is 0 Å². The van der Waals surface area contributed by atoms with Gasteiger partial charge in [0, 0.05) is 30.6 Å². The number of hydrogen-bond donors (Lipinski definition) is 0. The van der Waals surface area contributed by atoms with E-state index in [0.29, 0.717) is 43.6 Å². The van der Waals surface area contributed by atoms with Crippen molar-refractivity contribution in [2.45, 2.75) is 38.6 Å². The maximum Gasteiger partial charge on any atom is 0.232 e. The standard InChI is InChI=1S/C25H29N3O5/c1-4-5-12-32-20-8-6-17(7-9-20)24-26-25(33-27-24)19-14-23(29)28(16-19)15-18-13-21(30-2)10-11-22(18)31-3/h6-11,13,19H,4-5,12,14-16H2,1-3H3. The van der Waals surface area contributed by atoms with Crippen LogP contribution in [0.25, 0.3) is 11.4 Å². The van der Waals surface area contributed by atoms with E-state index in [-0.39, 0.29) is 11.8 Å². The number of unbranched alkanes of at least 4 members (excludes halogenated alkanes) is 1. The molecule has 0 radical (unpaired) electrons. The molecule has 3 aromatic rings. The van der Waals surface area contributed by atoms with Crippen LogP contribution in [0.15, 0.2) is 47.0 Å². The van der Waals surface area contributed by atoms with Crippen molar-refractivity contribution < 1.29 is 23.5 Å². The largest absolute Gasteiger partial charge is 0.497 e. The van der Waals surface area contributed by atoms with Crippen LogP contribution in [0.1, 0.15) is 43.6 Å². The predicted molar refractivity (Wildman–Crippen MR) is 122 cm³/mol. The summed E-state index contributed by atoms with van der Waals surface area (Å²) in [4.78, 5) is 19.0. The molecule has 0 aliphatic carbocycles. The molecule has 1 aliphatic heterocycles. The van der Waals surface area contributed by atoms with Crippen molar-refractivity contribution in [2.75, 3.05) is 27.4 Å². The molecule has 4 rings (SSSR count). The zero-order chi connectivity index (χ0) is 23.2. The lowest BCUT2D eigenvalue weighted by Crippen LogP contribution is -2.24. The Morgan fingerprint density at radius 3 is 2.61 bits per heavy atom. The Bertz CT molecular complexity index is 1080. The fourth-order valence-electron chi connectivity index (χ4n) is 3.85. The molecule has 0 spiro atoms. The number of hydrogen-bond acceptors (Lipinski definition) is 7. The second-order valence-electron chi connectivity index (χ2n) is 8.04. The summed E-state index contributed by atoms with van der Waals surface area (Å²) in [5.74, 6) is 3.13. The van der Waals surface area contributed by atoms with Crippen LogP contribution in [0.5, 0.6) is 17.2 Å². The Morgan fingerprint density at radius 1 is 1.09 bits per heavy atom. The lowest BCUT2D eigenvalue weighted by Gasteiger charge is -2.18. The number of benzene rings is 2. The molecular weight excluding hydrogens is 422 g/mol. The molecule has 0 saturated carbocycles. The van der Waals surface area contributed by atoms with Gasteiger partial charge in [-0.15, -0.1) is 0 Å². The summed E-state index contributed by atoms with van der Waals surface area (Å²) in [6, 6.07) is 13.2. The Labute approximate surface area is 193 Å². The lowest BCUT2D eigenvalue weighted by molar-refractivity contribution is -0.128. The van der Waals surface area contributed by atoms with Crippen molar-refractivity contribution in [1.82, 2.24) is 15.0 Å². The molecule has 1 unspecified atom stereocenters. The van der Waals surface area contributed by atoms with E-state index in [0.717, 1.165) is 35.5 Å². The fraction of sp³-hybridized carbons (Fsp3) is 0.400. The summed E-state index contributed by atoms with van der Waals surface area (Å²) < 4.78 is 22.0. The zero-order valence-corrected chi connectivity index (χ0v) is 19.2. The number of methoxy groups -OCH3 is 2. The molecular formula is C25H29N3O5. The van der Waals surface area contributed by atoms with Gasteiger partial charge in [-0.2, -0.15) is 4.98 Å². The van der Waals surface area contributed by atoms with Gasteiger partial charge in [0.2, 0.25) is 17.6 Å². The van der Waals surface area contributed by atoms with E-state index < -0.39 is 0 Å². The van der Waals surface area contributed by atoms with Crippen LogP contribution in [-0.2, 0) is 11.3 Å². The summed E-state index contributed by atoms with van der Waals surface area (Å²) >= 11 is 0. The average Bonchev–Trinajstić information content (AvgIpc) is 3.47. The van der Waals surface area contributed by atoms with Crippen molar-refractivity contribution in [3.63, 3.8) is 0 Å². The Kier molecular flexibility index (Phi) is 7.12. The second-order valence-corrected chi connectivity index (χ2v) is 8.04. The first-order valence-electron chi connectivity index (χ1n) is 11.2. The van der Waals surface area contributed by atoms with Crippen LogP contribution in [0.4, 0.5) is 0 Å². The monoisotopic (exact) mass is 451 g/mol. The molecule has 1 aromatic heterocycles. The highest BCUT2D eigenvalue weighted by atomic mass is 16.5. The molecule has 174 valence electrons. The van der Waals surface area contributed by atoms with E-state index in [2.05, 4.69) is 17.1 Å². The molecule has 1 amide bonds. The SMILES string of the molecule is CCCCOc1ccc(-c2noc(C3CC(=O)N(Cc4cc(OC)ccc4OC)C3)n2)cc1. The van der Waals surface area contributed by atoms with Gasteiger partial charge in [-0.1, -0.05) is 18.5 Å². The maximum absolute atomic E-state index is 12.7. The first-order valence-corrected chi connectivity index (χ1v) is 11.2. The van der Waals surface area contributed by atoms with Crippen molar-refractivity contribution in [3.8, 4) is 28.6 Å². The first kappa shape index (κ1) is 22.6. The number of amides is 1. The van der Waals surface area contributed by atoms with E-state index >= 15 is 0 Å². The minimum atomic E-state index is -0.146. The molecule has 8 nitrogen and oxygen atoms in total. The van der Waals surface area contributed by atoms with Gasteiger partial charge in [0.1, 0.15) is 17.2 Å². The maximum atomic E-state index is 12.7. The van der Waals surface area contributed by atoms with Gasteiger partial charge >= 0.3 is 0 Å². The molecule has 2 aromatic carbocycles. The van der Waals surface area contributed by atoms with Gasteiger partial charge in [0.15, 0.2) is 0 Å². The van der Waals surface area contributed by atoms with Crippen molar-refractivity contribution >= 4 is 5.91 Å². The van der Waals surface area contributed by atoms with Crippen molar-refractivity contribution in [1.29, 1.82) is 0 Å². The zero-order valence-electron chi connectivity index (χ0n) is 19.2. The quantitative estimate of drug-likeness (QED) is 0.421. The summed E-state index contributed by atoms with van der Waals surface area (Å²) in [5.41, 5.74) is 1.73. The van der Waals surface area contributed by atoms with Crippen LogP contribution < -0.4 is 14.2 Å². The van der Waals surface area contributed by atoms with Crippen LogP contribution in [0.3, 0.4) is 0 Å². The third-order valence-electron chi connectivity index (χ3n) is 5.73. The molecule has 1 atom stereocenters. The molecule has 1 saturated heterocycles. The second kappa shape index (κ2) is 10.4. The highest BCUT2D eigenvalue weighted by molar-refractivity contribution is 5.79. The average molecular weight is 452 g/mol. The summed E-state index contributed by atoms with van der Waals surface area (Å²) in [6.45, 7) is 3.77. The Morgan fingerprint density at radius 2 is 1.88 bits per heavy atom. The van der Waals surface area contributed by atoms with E-state index in [9.17, 15) is 4.79 Å². The number of ether oxygens (including phenoxy) is 3. The minimum absolute atomic E-state index is 0.0400. The van der Waals surface area contributed by atoms with Gasteiger partial charge in [-0.25, -0.2) is 0 Å². The molecule has 0 bridgehead atoms. The Balaban J connectivity index is 1.42. The number of carbonyl (C=O) groups excluding carboxylic acids is 1. The number of aromatic nitrogens is 2. The summed E-state index contributed by atoms with van der Waals surface area (Å²) in [6.07, 6.45) is 2.45. The molecule has 33 heavy (non-hydrogen) atoms. The highest BCUT2D eigenvalue weighted by Gasteiger charge is 2.34. The first-order chi connectivity index (χ1) is 16.1. The number of nitrogens with zero attached hydrogens (tertiary/aromatic N) is 3. The predicted octanol–water partition coefficient (Wildman–Crippen LogP) is 4.45. The van der Waals surface area contributed by atoms with Crippen LogP contribution >= 0.6 is 0 Å². The van der Waals surface area contributed by atoms with E-state index in [4.69, 9.17) is 18.7 Å². The lowest BCUT2D eigenvalue weighted by atomic mass is 10.1. The third kappa shape index (κ3) is 5.27. The van der Waals surface area contributed by atoms with Gasteiger partial charge < -0.3 is 23.6 Å². The topological polar surface area (TPSA) is 86.9 Å². The van der Waals surface area contributed by atoms with E-state index in [1.165, 1.54) is 0 Å². The smallest absolute Gasteiger partial charge is 0.232 e. The van der Waals surface area contributed by atoms with Crippen molar-refractivity contribution in [2.24, 2.45) is 0 Å².